The molecule has 2 heterocycles. The minimum Gasteiger partial charge on any atom is -0.341 e. The van der Waals surface area contributed by atoms with Crippen LogP contribution in [0.4, 0.5) is 11.6 Å². The number of rotatable bonds is 5. The van der Waals surface area contributed by atoms with E-state index in [1.807, 2.05) is 18.7 Å². The van der Waals surface area contributed by atoms with E-state index in [2.05, 4.69) is 15.0 Å². The fraction of sp³-hybridized carbons (Fsp3) is 0.462. The van der Waals surface area contributed by atoms with E-state index in [4.69, 9.17) is 0 Å². The van der Waals surface area contributed by atoms with Crippen LogP contribution in [0.2, 0.25) is 0 Å². The molecule has 2 aromatic heterocycles. The smallest absolute Gasteiger partial charge is 0.333 e. The van der Waals surface area contributed by atoms with E-state index >= 15 is 0 Å². The van der Waals surface area contributed by atoms with Crippen LogP contribution < -0.4 is 4.90 Å². The van der Waals surface area contributed by atoms with Crippen molar-refractivity contribution < 1.29 is 4.92 Å². The molecule has 0 aromatic carbocycles. The fourth-order valence-corrected chi connectivity index (χ4v) is 2.17. The number of hydrogen-bond donors (Lipinski definition) is 0. The van der Waals surface area contributed by atoms with Crippen molar-refractivity contribution in [1.82, 2.24) is 19.5 Å². The first-order valence-corrected chi connectivity index (χ1v) is 6.77. The lowest BCUT2D eigenvalue weighted by molar-refractivity contribution is -0.385. The maximum absolute atomic E-state index is 11.3. The third kappa shape index (κ3) is 2.69. The summed E-state index contributed by atoms with van der Waals surface area (Å²) in [5.74, 6) is 1.39. The molecule has 0 fully saturated rings. The lowest BCUT2D eigenvalue weighted by atomic mass is 10.3. The van der Waals surface area contributed by atoms with Crippen LogP contribution in [0.5, 0.6) is 0 Å². The van der Waals surface area contributed by atoms with Crippen molar-refractivity contribution >= 4 is 11.6 Å². The number of aromatic nitrogens is 4. The van der Waals surface area contributed by atoms with Gasteiger partial charge in [0.25, 0.3) is 0 Å². The Balaban J connectivity index is 2.70. The second-order valence-corrected chi connectivity index (χ2v) is 4.56. The Kier molecular flexibility index (Phi) is 4.15. The molecule has 2 aromatic rings. The van der Waals surface area contributed by atoms with Crippen LogP contribution in [0.25, 0.3) is 5.82 Å². The Morgan fingerprint density at radius 2 is 1.95 bits per heavy atom. The zero-order chi connectivity index (χ0) is 15.6. The van der Waals surface area contributed by atoms with E-state index in [1.54, 1.807) is 30.8 Å². The predicted molar refractivity (Wildman–Crippen MR) is 78.8 cm³/mol. The van der Waals surface area contributed by atoms with Crippen molar-refractivity contribution in [3.05, 3.63) is 34.0 Å². The normalized spacial score (nSPS) is 10.7. The summed E-state index contributed by atoms with van der Waals surface area (Å²) in [4.78, 5) is 25.6. The molecule has 0 N–H and O–H groups in total. The summed E-state index contributed by atoms with van der Waals surface area (Å²) >= 11 is 0. The number of imidazole rings is 1. The summed E-state index contributed by atoms with van der Waals surface area (Å²) in [5, 5.41) is 11.3. The van der Waals surface area contributed by atoms with Crippen LogP contribution in [-0.2, 0) is 0 Å². The summed E-state index contributed by atoms with van der Waals surface area (Å²) in [5.41, 5.74) is 0.256. The van der Waals surface area contributed by atoms with Crippen molar-refractivity contribution in [2.45, 2.75) is 27.7 Å². The second-order valence-electron chi connectivity index (χ2n) is 4.56. The Hall–Kier alpha value is -2.51. The number of nitro groups is 1. The second kappa shape index (κ2) is 5.86. The van der Waals surface area contributed by atoms with Gasteiger partial charge >= 0.3 is 5.69 Å². The van der Waals surface area contributed by atoms with E-state index < -0.39 is 4.92 Å². The van der Waals surface area contributed by atoms with Crippen LogP contribution in [0.3, 0.4) is 0 Å². The first kappa shape index (κ1) is 14.9. The van der Waals surface area contributed by atoms with Gasteiger partial charge in [0.05, 0.1) is 4.92 Å². The van der Waals surface area contributed by atoms with Gasteiger partial charge in [-0.25, -0.2) is 9.97 Å². The first-order chi connectivity index (χ1) is 9.99. The third-order valence-electron chi connectivity index (χ3n) is 3.31. The molecule has 0 aliphatic heterocycles. The van der Waals surface area contributed by atoms with Crippen molar-refractivity contribution in [3.63, 3.8) is 0 Å². The molecule has 0 spiro atoms. The van der Waals surface area contributed by atoms with Gasteiger partial charge in [-0.05, 0) is 27.7 Å². The molecular formula is C13H18N6O2. The summed E-state index contributed by atoms with van der Waals surface area (Å²) in [7, 11) is 0. The monoisotopic (exact) mass is 290 g/mol. The zero-order valence-electron chi connectivity index (χ0n) is 12.6. The summed E-state index contributed by atoms with van der Waals surface area (Å²) in [6.07, 6.45) is 3.25. The molecule has 0 aliphatic carbocycles. The van der Waals surface area contributed by atoms with Crippen molar-refractivity contribution in [3.8, 4) is 5.82 Å². The number of anilines is 1. The topological polar surface area (TPSA) is 90.0 Å². The molecular weight excluding hydrogens is 272 g/mol. The molecule has 21 heavy (non-hydrogen) atoms. The van der Waals surface area contributed by atoms with Crippen molar-refractivity contribution in [2.75, 3.05) is 18.0 Å². The highest BCUT2D eigenvalue weighted by Gasteiger charge is 2.25. The average molecular weight is 290 g/mol. The molecule has 0 radical (unpaired) electrons. The maximum Gasteiger partial charge on any atom is 0.333 e. The number of nitrogens with zero attached hydrogens (tertiary/aromatic N) is 6. The van der Waals surface area contributed by atoms with Gasteiger partial charge in [0.1, 0.15) is 11.5 Å². The van der Waals surface area contributed by atoms with Gasteiger partial charge in [0, 0.05) is 25.5 Å². The number of hydrogen-bond acceptors (Lipinski definition) is 6. The van der Waals surface area contributed by atoms with Crippen LogP contribution >= 0.6 is 0 Å². The van der Waals surface area contributed by atoms with Crippen LogP contribution in [-0.4, -0.2) is 37.5 Å². The highest BCUT2D eigenvalue weighted by atomic mass is 16.6. The molecule has 0 amide bonds. The lowest BCUT2D eigenvalue weighted by Gasteiger charge is -2.19. The fourth-order valence-electron chi connectivity index (χ4n) is 2.17. The van der Waals surface area contributed by atoms with Gasteiger partial charge in [-0.1, -0.05) is 0 Å². The Labute approximate surface area is 122 Å². The average Bonchev–Trinajstić information content (AvgIpc) is 2.85. The van der Waals surface area contributed by atoms with E-state index in [0.717, 1.165) is 13.1 Å². The van der Waals surface area contributed by atoms with Crippen LogP contribution in [0.15, 0.2) is 12.4 Å². The van der Waals surface area contributed by atoms with Crippen molar-refractivity contribution in [1.29, 1.82) is 0 Å². The highest BCUT2D eigenvalue weighted by Crippen LogP contribution is 2.27. The summed E-state index contributed by atoms with van der Waals surface area (Å²) in [6, 6.07) is 0. The van der Waals surface area contributed by atoms with E-state index in [0.29, 0.717) is 17.5 Å². The van der Waals surface area contributed by atoms with E-state index in [9.17, 15) is 10.1 Å². The molecule has 112 valence electrons. The minimum absolute atomic E-state index is 0.0907. The highest BCUT2D eigenvalue weighted by molar-refractivity contribution is 5.54. The summed E-state index contributed by atoms with van der Waals surface area (Å²) in [6.45, 7) is 8.85. The van der Waals surface area contributed by atoms with Crippen molar-refractivity contribution in [2.24, 2.45) is 0 Å². The Morgan fingerprint density at radius 3 is 2.43 bits per heavy atom. The van der Waals surface area contributed by atoms with Crippen LogP contribution in [0, 0.1) is 24.0 Å². The third-order valence-corrected chi connectivity index (χ3v) is 3.31. The van der Waals surface area contributed by atoms with E-state index in [1.165, 1.54) is 0 Å². The Bertz CT molecular complexity index is 663. The van der Waals surface area contributed by atoms with Crippen LogP contribution in [0.1, 0.15) is 25.4 Å². The Morgan fingerprint density at radius 1 is 1.29 bits per heavy atom. The molecule has 2 rings (SSSR count). The molecule has 8 heteroatoms. The molecule has 0 bridgehead atoms. The molecule has 0 atom stereocenters. The maximum atomic E-state index is 11.3. The molecule has 0 aliphatic rings. The van der Waals surface area contributed by atoms with Gasteiger partial charge in [0.2, 0.25) is 11.8 Å². The summed E-state index contributed by atoms with van der Waals surface area (Å²) < 4.78 is 1.61. The molecule has 8 nitrogen and oxygen atoms in total. The largest absolute Gasteiger partial charge is 0.341 e. The van der Waals surface area contributed by atoms with Gasteiger partial charge in [-0.3, -0.25) is 14.7 Å². The lowest BCUT2D eigenvalue weighted by Crippen LogP contribution is -2.25. The molecule has 0 unspecified atom stereocenters. The SMILES string of the molecule is CCN(CC)c1nc(C)c([N+](=O)[O-])c(-n2ccnc2C)n1. The minimum atomic E-state index is -0.448. The molecule has 0 saturated carbocycles. The predicted octanol–water partition coefficient (Wildman–Crippen LogP) is 2.03. The standard InChI is InChI=1S/C13H18N6O2/c1-5-17(6-2)13-15-9(3)11(19(20)21)12(16-13)18-8-7-14-10(18)4/h7-8H,5-6H2,1-4H3. The first-order valence-electron chi connectivity index (χ1n) is 6.77. The van der Waals surface area contributed by atoms with E-state index in [-0.39, 0.29) is 11.5 Å². The van der Waals surface area contributed by atoms with Gasteiger partial charge in [-0.15, -0.1) is 0 Å². The number of aryl methyl sites for hydroxylation is 2. The molecule has 0 saturated heterocycles. The van der Waals surface area contributed by atoms with Gasteiger partial charge in [-0.2, -0.15) is 4.98 Å². The zero-order valence-corrected chi connectivity index (χ0v) is 12.6. The van der Waals surface area contributed by atoms with Gasteiger partial charge < -0.3 is 4.90 Å². The quantitative estimate of drug-likeness (QED) is 0.618. The van der Waals surface area contributed by atoms with Gasteiger partial charge in [0.15, 0.2) is 0 Å².